The molecule has 0 amide bonds. The average molecular weight is 458 g/mol. The molecule has 10 nitrogen and oxygen atoms in total. The van der Waals surface area contributed by atoms with Gasteiger partial charge in [0.2, 0.25) is 5.69 Å². The zero-order chi connectivity index (χ0) is 22.4. The lowest BCUT2D eigenvalue weighted by molar-refractivity contribution is 0.600. The zero-order valence-corrected chi connectivity index (χ0v) is 17.6. The van der Waals surface area contributed by atoms with Crippen LogP contribution in [0.5, 0.6) is 0 Å². The Morgan fingerprint density at radius 1 is 1.06 bits per heavy atom. The molecule has 0 aliphatic rings. The first-order valence-electron chi connectivity index (χ1n) is 8.95. The molecule has 0 aliphatic heterocycles. The van der Waals surface area contributed by atoms with Gasteiger partial charge in [0, 0.05) is 12.1 Å². The second-order valence-corrected chi connectivity index (χ2v) is 7.67. The van der Waals surface area contributed by atoms with Crippen molar-refractivity contribution < 1.29 is 0 Å². The molecule has 156 valence electrons. The van der Waals surface area contributed by atoms with Crippen LogP contribution in [-0.2, 0) is 0 Å². The van der Waals surface area contributed by atoms with E-state index in [9.17, 15) is 14.4 Å². The fourth-order valence-corrected chi connectivity index (χ4v) is 3.91. The first-order valence-corrected chi connectivity index (χ1v) is 9.71. The molecule has 0 aliphatic carbocycles. The molecule has 0 spiro atoms. The van der Waals surface area contributed by atoms with Crippen molar-refractivity contribution in [1.82, 2.24) is 29.1 Å². The van der Waals surface area contributed by atoms with Crippen molar-refractivity contribution in [2.75, 3.05) is 0 Å². The summed E-state index contributed by atoms with van der Waals surface area (Å²) in [4.78, 5) is 38.0. The van der Waals surface area contributed by atoms with Gasteiger partial charge in [0.1, 0.15) is 11.8 Å². The number of nitrogens with one attached hydrogen (secondary N) is 1. The number of rotatable bonds is 3. The molecule has 0 saturated carbocycles. The fourth-order valence-electron chi connectivity index (χ4n) is 3.28. The molecular weight excluding hydrogens is 445 g/mol. The Morgan fingerprint density at radius 3 is 2.35 bits per heavy atom. The summed E-state index contributed by atoms with van der Waals surface area (Å²) < 4.78 is 3.91. The van der Waals surface area contributed by atoms with Crippen molar-refractivity contribution in [3.8, 4) is 17.4 Å². The van der Waals surface area contributed by atoms with E-state index in [1.807, 2.05) is 18.8 Å². The van der Waals surface area contributed by atoms with Crippen molar-refractivity contribution in [2.24, 2.45) is 0 Å². The topological polar surface area (TPSA) is 131 Å². The maximum absolute atomic E-state index is 12.3. The highest BCUT2D eigenvalue weighted by Crippen LogP contribution is 2.33. The van der Waals surface area contributed by atoms with Crippen LogP contribution in [0, 0.1) is 11.3 Å². The Kier molecular flexibility index (Phi) is 5.00. The number of aromatic amines is 1. The third-order valence-corrected chi connectivity index (χ3v) is 5.15. The number of halogens is 2. The zero-order valence-electron chi connectivity index (χ0n) is 16.1. The minimum Gasteiger partial charge on any atom is -0.303 e. The number of fused-ring (bicyclic) bond motifs is 1. The second-order valence-electron chi connectivity index (χ2n) is 6.85. The van der Waals surface area contributed by atoms with E-state index in [1.54, 1.807) is 22.9 Å². The van der Waals surface area contributed by atoms with Gasteiger partial charge in [0.15, 0.2) is 0 Å². The van der Waals surface area contributed by atoms with Gasteiger partial charge < -0.3 is 4.57 Å². The van der Waals surface area contributed by atoms with Crippen LogP contribution in [0.1, 0.15) is 25.6 Å². The predicted molar refractivity (Wildman–Crippen MR) is 114 cm³/mol. The van der Waals surface area contributed by atoms with E-state index in [4.69, 9.17) is 28.5 Å². The monoisotopic (exact) mass is 457 g/mol. The number of hydrogen-bond donors (Lipinski definition) is 1. The van der Waals surface area contributed by atoms with Crippen LogP contribution in [0.2, 0.25) is 10.0 Å². The van der Waals surface area contributed by atoms with E-state index >= 15 is 0 Å². The molecule has 0 fully saturated rings. The second kappa shape index (κ2) is 7.54. The van der Waals surface area contributed by atoms with Crippen LogP contribution < -0.4 is 16.8 Å². The number of nitrogens with zero attached hydrogens (tertiary/aromatic N) is 6. The largest absolute Gasteiger partial charge is 0.349 e. The molecule has 0 radical (unpaired) electrons. The molecule has 1 aromatic carbocycles. The molecule has 31 heavy (non-hydrogen) atoms. The van der Waals surface area contributed by atoms with E-state index in [0.717, 1.165) is 4.68 Å². The lowest BCUT2D eigenvalue weighted by Crippen LogP contribution is -2.33. The highest BCUT2D eigenvalue weighted by atomic mass is 35.5. The van der Waals surface area contributed by atoms with Gasteiger partial charge in [-0.25, -0.2) is 9.48 Å². The highest BCUT2D eigenvalue weighted by molar-refractivity contribution is 6.38. The minimum absolute atomic E-state index is 0.0883. The standard InChI is InChI=1S/C19H13Cl2N7O3/c1-9(2)26-15-8-23-28(14(15)3-4-16(26)29)17-11(20)5-10(6-12(17)21)27-19(31)24-18(30)13(7-22)25-27/h3-6,8-9H,1-2H3,(H,24,30,31). The molecular formula is C19H13Cl2N7O3. The molecule has 3 heterocycles. The molecule has 1 N–H and O–H groups in total. The Labute approximate surface area is 183 Å². The minimum atomic E-state index is -0.892. The molecule has 0 atom stereocenters. The Hall–Kier alpha value is -3.68. The van der Waals surface area contributed by atoms with Crippen molar-refractivity contribution in [3.05, 3.63) is 77.4 Å². The van der Waals surface area contributed by atoms with Gasteiger partial charge in [-0.3, -0.25) is 14.6 Å². The smallest absolute Gasteiger partial charge is 0.303 e. The van der Waals surface area contributed by atoms with Crippen molar-refractivity contribution in [3.63, 3.8) is 0 Å². The van der Waals surface area contributed by atoms with Crippen LogP contribution in [0.15, 0.2) is 44.8 Å². The van der Waals surface area contributed by atoms with Gasteiger partial charge in [0.05, 0.1) is 33.0 Å². The van der Waals surface area contributed by atoms with E-state index in [0.29, 0.717) is 16.7 Å². The number of H-pyrrole nitrogens is 1. The highest BCUT2D eigenvalue weighted by Gasteiger charge is 2.18. The predicted octanol–water partition coefficient (Wildman–Crippen LogP) is 2.18. The van der Waals surface area contributed by atoms with E-state index in [1.165, 1.54) is 22.9 Å². The summed E-state index contributed by atoms with van der Waals surface area (Å²) in [7, 11) is 0. The van der Waals surface area contributed by atoms with E-state index in [-0.39, 0.29) is 27.3 Å². The summed E-state index contributed by atoms with van der Waals surface area (Å²) in [5, 5.41) is 17.4. The lowest BCUT2D eigenvalue weighted by atomic mass is 10.2. The van der Waals surface area contributed by atoms with Gasteiger partial charge in [0.25, 0.3) is 11.1 Å². The summed E-state index contributed by atoms with van der Waals surface area (Å²) >= 11 is 12.9. The molecule has 4 aromatic rings. The Morgan fingerprint density at radius 2 is 1.74 bits per heavy atom. The molecule has 3 aromatic heterocycles. The van der Waals surface area contributed by atoms with Gasteiger partial charge in [-0.05, 0) is 32.0 Å². The van der Waals surface area contributed by atoms with Gasteiger partial charge >= 0.3 is 5.69 Å². The maximum atomic E-state index is 12.3. The van der Waals surface area contributed by atoms with Gasteiger partial charge in [-0.2, -0.15) is 15.0 Å². The molecule has 4 rings (SSSR count). The van der Waals surface area contributed by atoms with E-state index < -0.39 is 16.9 Å². The number of aromatic nitrogens is 6. The van der Waals surface area contributed by atoms with Crippen molar-refractivity contribution >= 4 is 34.2 Å². The number of pyridine rings is 1. The van der Waals surface area contributed by atoms with Crippen LogP contribution in [0.3, 0.4) is 0 Å². The molecule has 0 saturated heterocycles. The van der Waals surface area contributed by atoms with Crippen LogP contribution in [0.4, 0.5) is 0 Å². The molecule has 0 unspecified atom stereocenters. The normalized spacial score (nSPS) is 11.2. The van der Waals surface area contributed by atoms with Gasteiger partial charge in [-0.15, -0.1) is 5.10 Å². The quantitative estimate of drug-likeness (QED) is 0.501. The van der Waals surface area contributed by atoms with E-state index in [2.05, 4.69) is 10.2 Å². The number of hydrogen-bond acceptors (Lipinski definition) is 6. The first kappa shape index (κ1) is 20.6. The van der Waals surface area contributed by atoms with Gasteiger partial charge in [-0.1, -0.05) is 23.2 Å². The van der Waals surface area contributed by atoms with Crippen LogP contribution in [-0.4, -0.2) is 29.1 Å². The SMILES string of the molecule is CC(C)n1c(=O)ccc2c1cnn2-c1c(Cl)cc(-n2nc(C#N)c(=O)[nH]c2=O)cc1Cl. The van der Waals surface area contributed by atoms with Crippen molar-refractivity contribution in [1.29, 1.82) is 5.26 Å². The first-order chi connectivity index (χ1) is 14.7. The summed E-state index contributed by atoms with van der Waals surface area (Å²) in [5.74, 6) is 0. The van der Waals surface area contributed by atoms with Crippen LogP contribution in [0.25, 0.3) is 22.4 Å². The summed E-state index contributed by atoms with van der Waals surface area (Å²) in [5.41, 5.74) is -0.703. The summed E-state index contributed by atoms with van der Waals surface area (Å²) in [6.45, 7) is 3.77. The maximum Gasteiger partial charge on any atom is 0.349 e. The van der Waals surface area contributed by atoms with Crippen LogP contribution >= 0.6 is 23.2 Å². The summed E-state index contributed by atoms with van der Waals surface area (Å²) in [6.07, 6.45) is 1.55. The Balaban J connectivity index is 1.94. The molecule has 0 bridgehead atoms. The molecule has 12 heteroatoms. The van der Waals surface area contributed by atoms with Crippen molar-refractivity contribution in [2.45, 2.75) is 19.9 Å². The average Bonchev–Trinajstić information content (AvgIpc) is 3.10. The number of nitriles is 1. The third kappa shape index (κ3) is 3.34. The summed E-state index contributed by atoms with van der Waals surface area (Å²) in [6, 6.07) is 7.39. The Bertz CT molecular complexity index is 1550. The lowest BCUT2D eigenvalue weighted by Gasteiger charge is -2.13. The third-order valence-electron chi connectivity index (χ3n) is 4.58. The number of benzene rings is 1. The fraction of sp³-hybridized carbons (Fsp3) is 0.158.